The molecule has 0 aliphatic carbocycles. The number of carbonyl (C=O) groups excluding carboxylic acids is 1. The Morgan fingerprint density at radius 2 is 2.08 bits per heavy atom. The number of amides is 2. The Bertz CT molecular complexity index is 563. The lowest BCUT2D eigenvalue weighted by Crippen LogP contribution is -2.36. The predicted molar refractivity (Wildman–Crippen MR) is 99.1 cm³/mol. The molecule has 1 aliphatic rings. The smallest absolute Gasteiger partial charge is 0.321 e. The lowest BCUT2D eigenvalue weighted by atomic mass is 10.1. The van der Waals surface area contributed by atoms with Gasteiger partial charge >= 0.3 is 6.03 Å². The first kappa shape index (κ1) is 18.9. The number of para-hydroxylation sites is 1. The summed E-state index contributed by atoms with van der Waals surface area (Å²) in [5.41, 5.74) is 0.620. The monoisotopic (exact) mass is 353 g/mol. The number of rotatable bonds is 4. The molecule has 1 saturated heterocycles. The van der Waals surface area contributed by atoms with Crippen LogP contribution in [0.1, 0.15) is 33.1 Å². The number of benzene rings is 1. The Hall–Kier alpha value is -1.46. The summed E-state index contributed by atoms with van der Waals surface area (Å²) in [6.07, 6.45) is 3.11. The van der Waals surface area contributed by atoms with E-state index >= 15 is 0 Å². The van der Waals surface area contributed by atoms with Crippen LogP contribution < -0.4 is 10.1 Å². The highest BCUT2D eigenvalue weighted by atomic mass is 35.5. The van der Waals surface area contributed by atoms with Crippen LogP contribution in [0, 0.1) is 0 Å². The Kier molecular flexibility index (Phi) is 6.75. The summed E-state index contributed by atoms with van der Waals surface area (Å²) in [4.78, 5) is 16.8. The number of hydrogen-bond donors (Lipinski definition) is 1. The third kappa shape index (κ3) is 5.02. The molecule has 1 N–H and O–H groups in total. The van der Waals surface area contributed by atoms with E-state index in [1.165, 1.54) is 0 Å². The van der Waals surface area contributed by atoms with Gasteiger partial charge in [-0.25, -0.2) is 4.79 Å². The maximum absolute atomic E-state index is 12.6. The van der Waals surface area contributed by atoms with Crippen LogP contribution in [-0.2, 0) is 0 Å². The molecule has 1 atom stereocenters. The lowest BCUT2D eigenvalue weighted by Gasteiger charge is -2.24. The van der Waals surface area contributed by atoms with Crippen LogP contribution >= 0.6 is 11.6 Å². The molecule has 2 amide bonds. The van der Waals surface area contributed by atoms with Crippen molar-refractivity contribution in [2.45, 2.75) is 45.3 Å². The summed E-state index contributed by atoms with van der Waals surface area (Å²) < 4.78 is 5.77. The molecular formula is C18H28ClN3O2. The lowest BCUT2D eigenvalue weighted by molar-refractivity contribution is 0.210. The quantitative estimate of drug-likeness (QED) is 0.887. The van der Waals surface area contributed by atoms with E-state index in [4.69, 9.17) is 16.3 Å². The van der Waals surface area contributed by atoms with Crippen LogP contribution in [0.25, 0.3) is 0 Å². The van der Waals surface area contributed by atoms with Crippen molar-refractivity contribution < 1.29 is 9.53 Å². The second kappa shape index (κ2) is 8.58. The standard InChI is InChI=1S/C18H28ClN3O2/c1-13(2)24-17-15(19)8-5-9-16(17)20-18(23)22-11-6-7-14(10-12-22)21(3)4/h5,8-9,13-14H,6-7,10-12H2,1-4H3,(H,20,23)/t14-/m1/s1. The average molecular weight is 354 g/mol. The fourth-order valence-electron chi connectivity index (χ4n) is 2.96. The molecule has 0 bridgehead atoms. The van der Waals surface area contributed by atoms with E-state index in [2.05, 4.69) is 24.3 Å². The van der Waals surface area contributed by atoms with Gasteiger partial charge in [0.1, 0.15) is 0 Å². The molecule has 1 aliphatic heterocycles. The van der Waals surface area contributed by atoms with Crippen molar-refractivity contribution in [2.24, 2.45) is 0 Å². The summed E-state index contributed by atoms with van der Waals surface area (Å²) in [5.74, 6) is 0.531. The van der Waals surface area contributed by atoms with Gasteiger partial charge in [-0.3, -0.25) is 0 Å². The Morgan fingerprint density at radius 1 is 1.33 bits per heavy atom. The molecule has 1 aromatic rings. The number of likely N-dealkylation sites (tertiary alicyclic amines) is 1. The number of anilines is 1. The zero-order valence-electron chi connectivity index (χ0n) is 15.0. The van der Waals surface area contributed by atoms with Gasteiger partial charge in [0.25, 0.3) is 0 Å². The second-order valence-corrected chi connectivity index (χ2v) is 7.16. The van der Waals surface area contributed by atoms with Crippen LogP contribution in [0.5, 0.6) is 5.75 Å². The second-order valence-electron chi connectivity index (χ2n) is 6.75. The molecule has 134 valence electrons. The number of hydrogen-bond acceptors (Lipinski definition) is 3. The maximum Gasteiger partial charge on any atom is 0.321 e. The van der Waals surface area contributed by atoms with Gasteiger partial charge in [0.15, 0.2) is 5.75 Å². The van der Waals surface area contributed by atoms with E-state index in [9.17, 15) is 4.79 Å². The van der Waals surface area contributed by atoms with E-state index in [1.807, 2.05) is 30.9 Å². The van der Waals surface area contributed by atoms with Crippen LogP contribution in [0.15, 0.2) is 18.2 Å². The Labute approximate surface area is 149 Å². The first-order valence-electron chi connectivity index (χ1n) is 8.56. The number of halogens is 1. The fraction of sp³-hybridized carbons (Fsp3) is 0.611. The normalized spacial score (nSPS) is 18.6. The molecule has 0 unspecified atom stereocenters. The van der Waals surface area contributed by atoms with Crippen LogP contribution in [-0.4, -0.2) is 55.2 Å². The van der Waals surface area contributed by atoms with Gasteiger partial charge in [-0.1, -0.05) is 17.7 Å². The van der Waals surface area contributed by atoms with E-state index in [1.54, 1.807) is 6.07 Å². The minimum Gasteiger partial charge on any atom is -0.487 e. The Balaban J connectivity index is 2.06. The zero-order chi connectivity index (χ0) is 17.7. The Morgan fingerprint density at radius 3 is 2.75 bits per heavy atom. The molecule has 0 aromatic heterocycles. The van der Waals surface area contributed by atoms with Crippen molar-refractivity contribution in [3.8, 4) is 5.75 Å². The number of nitrogens with zero attached hydrogens (tertiary/aromatic N) is 2. The molecular weight excluding hydrogens is 326 g/mol. The maximum atomic E-state index is 12.6. The minimum atomic E-state index is -0.0923. The summed E-state index contributed by atoms with van der Waals surface area (Å²) in [6, 6.07) is 5.85. The highest BCUT2D eigenvalue weighted by Gasteiger charge is 2.22. The van der Waals surface area contributed by atoms with Crippen molar-refractivity contribution in [1.82, 2.24) is 9.80 Å². The molecule has 5 nitrogen and oxygen atoms in total. The summed E-state index contributed by atoms with van der Waals surface area (Å²) in [7, 11) is 4.20. The number of carbonyl (C=O) groups is 1. The number of urea groups is 1. The van der Waals surface area contributed by atoms with Crippen LogP contribution in [0.3, 0.4) is 0 Å². The molecule has 1 aromatic carbocycles. The zero-order valence-corrected chi connectivity index (χ0v) is 15.8. The van der Waals surface area contributed by atoms with Gasteiger partial charge in [0.2, 0.25) is 0 Å². The van der Waals surface area contributed by atoms with Gasteiger partial charge < -0.3 is 19.9 Å². The van der Waals surface area contributed by atoms with E-state index < -0.39 is 0 Å². The molecule has 1 heterocycles. The highest BCUT2D eigenvalue weighted by Crippen LogP contribution is 2.34. The third-order valence-corrected chi connectivity index (χ3v) is 4.57. The molecule has 2 rings (SSSR count). The van der Waals surface area contributed by atoms with Crippen molar-refractivity contribution in [3.05, 3.63) is 23.2 Å². The van der Waals surface area contributed by atoms with Crippen molar-refractivity contribution in [3.63, 3.8) is 0 Å². The fourth-order valence-corrected chi connectivity index (χ4v) is 3.17. The van der Waals surface area contributed by atoms with Crippen molar-refractivity contribution in [1.29, 1.82) is 0 Å². The van der Waals surface area contributed by atoms with Gasteiger partial charge in [0, 0.05) is 19.1 Å². The molecule has 0 spiro atoms. The highest BCUT2D eigenvalue weighted by molar-refractivity contribution is 6.32. The molecule has 1 fully saturated rings. The first-order valence-corrected chi connectivity index (χ1v) is 8.93. The molecule has 24 heavy (non-hydrogen) atoms. The van der Waals surface area contributed by atoms with Gasteiger partial charge in [-0.15, -0.1) is 0 Å². The van der Waals surface area contributed by atoms with Crippen LogP contribution in [0.4, 0.5) is 10.5 Å². The predicted octanol–water partition coefficient (Wildman–Crippen LogP) is 4.08. The summed E-state index contributed by atoms with van der Waals surface area (Å²) in [5, 5.41) is 3.47. The van der Waals surface area contributed by atoms with Gasteiger partial charge in [-0.05, 0) is 59.3 Å². The van der Waals surface area contributed by atoms with E-state index in [-0.39, 0.29) is 12.1 Å². The van der Waals surface area contributed by atoms with Gasteiger partial charge in [-0.2, -0.15) is 0 Å². The number of ether oxygens (including phenoxy) is 1. The molecule has 0 radical (unpaired) electrons. The van der Waals surface area contributed by atoms with E-state index in [0.717, 1.165) is 32.4 Å². The molecule has 0 saturated carbocycles. The third-order valence-electron chi connectivity index (χ3n) is 4.28. The summed E-state index contributed by atoms with van der Waals surface area (Å²) in [6.45, 7) is 5.41. The summed E-state index contributed by atoms with van der Waals surface area (Å²) >= 11 is 6.23. The van der Waals surface area contributed by atoms with E-state index in [0.29, 0.717) is 22.5 Å². The van der Waals surface area contributed by atoms with Crippen LogP contribution in [0.2, 0.25) is 5.02 Å². The first-order chi connectivity index (χ1) is 11.4. The largest absolute Gasteiger partial charge is 0.487 e. The van der Waals surface area contributed by atoms with Crippen molar-refractivity contribution >= 4 is 23.3 Å². The van der Waals surface area contributed by atoms with Crippen molar-refractivity contribution in [2.75, 3.05) is 32.5 Å². The number of nitrogens with one attached hydrogen (secondary N) is 1. The van der Waals surface area contributed by atoms with Gasteiger partial charge in [0.05, 0.1) is 16.8 Å². The minimum absolute atomic E-state index is 0.0143. The molecule has 6 heteroatoms. The topological polar surface area (TPSA) is 44.8 Å². The SMILES string of the molecule is CC(C)Oc1c(Cl)cccc1NC(=O)N1CCC[C@@H](N(C)C)CC1. The average Bonchev–Trinajstić information content (AvgIpc) is 2.76.